The average molecular weight is 503 g/mol. The molecule has 0 bridgehead atoms. The van der Waals surface area contributed by atoms with Gasteiger partial charge in [0.1, 0.15) is 12.1 Å². The van der Waals surface area contributed by atoms with Crippen LogP contribution in [0, 0.1) is 0 Å². The first kappa shape index (κ1) is 23.4. The van der Waals surface area contributed by atoms with E-state index in [4.69, 9.17) is 4.74 Å². The molecule has 0 spiro atoms. The number of hydrogen-bond donors (Lipinski definition) is 1. The Hall–Kier alpha value is -2.34. The summed E-state index contributed by atoms with van der Waals surface area (Å²) in [7, 11) is -3.66. The Labute approximate surface area is 204 Å². The average Bonchev–Trinajstić information content (AvgIpc) is 3.36. The maximum atomic E-state index is 13.0. The molecule has 34 heavy (non-hydrogen) atoms. The number of anilines is 2. The van der Waals surface area contributed by atoms with E-state index in [9.17, 15) is 8.42 Å². The van der Waals surface area contributed by atoms with Crippen molar-refractivity contribution in [3.63, 3.8) is 0 Å². The van der Waals surface area contributed by atoms with Gasteiger partial charge in [-0.25, -0.2) is 28.1 Å². The number of thiazole rings is 1. The van der Waals surface area contributed by atoms with E-state index in [0.29, 0.717) is 6.54 Å². The normalized spacial score (nSPS) is 19.8. The summed E-state index contributed by atoms with van der Waals surface area (Å²) in [5.41, 5.74) is 2.83. The van der Waals surface area contributed by atoms with E-state index in [1.54, 1.807) is 6.33 Å². The minimum absolute atomic E-state index is 0.136. The van der Waals surface area contributed by atoms with Crippen LogP contribution < -0.4 is 14.5 Å². The van der Waals surface area contributed by atoms with E-state index >= 15 is 0 Å². The number of nitrogens with zero attached hydrogens (tertiary/aromatic N) is 5. The summed E-state index contributed by atoms with van der Waals surface area (Å²) in [6.45, 7) is 8.60. The van der Waals surface area contributed by atoms with Crippen molar-refractivity contribution in [2.45, 2.75) is 43.0 Å². The van der Waals surface area contributed by atoms with Crippen LogP contribution in [0.2, 0.25) is 0 Å². The van der Waals surface area contributed by atoms with Crippen LogP contribution in [0.15, 0.2) is 34.2 Å². The van der Waals surface area contributed by atoms with E-state index in [1.807, 2.05) is 19.2 Å². The SMILES string of the molecule is CC(C)c1csc(S(=O)(=O)NC2CCCN(c3ncnc4cc(N5CCOCC5)ccc34)C2)n1. The van der Waals surface area contributed by atoms with Gasteiger partial charge in [-0.1, -0.05) is 13.8 Å². The monoisotopic (exact) mass is 502 g/mol. The molecule has 4 heterocycles. The lowest BCUT2D eigenvalue weighted by atomic mass is 10.1. The van der Waals surface area contributed by atoms with Gasteiger partial charge in [0, 0.05) is 48.7 Å². The number of ether oxygens (including phenoxy) is 1. The fourth-order valence-electron chi connectivity index (χ4n) is 4.49. The summed E-state index contributed by atoms with van der Waals surface area (Å²) < 4.78 is 34.4. The minimum Gasteiger partial charge on any atom is -0.378 e. The predicted octanol–water partition coefficient (Wildman–Crippen LogP) is 2.99. The van der Waals surface area contributed by atoms with Crippen molar-refractivity contribution in [3.8, 4) is 0 Å². The zero-order valence-corrected chi connectivity index (χ0v) is 21.1. The lowest BCUT2D eigenvalue weighted by molar-refractivity contribution is 0.122. The third-order valence-electron chi connectivity index (χ3n) is 6.34. The van der Waals surface area contributed by atoms with Crippen molar-refractivity contribution in [1.29, 1.82) is 0 Å². The first-order valence-corrected chi connectivity index (χ1v) is 14.1. The zero-order chi connectivity index (χ0) is 23.7. The molecule has 11 heteroatoms. The van der Waals surface area contributed by atoms with Gasteiger partial charge in [0.05, 0.1) is 24.4 Å². The van der Waals surface area contributed by atoms with E-state index in [-0.39, 0.29) is 16.3 Å². The highest BCUT2D eigenvalue weighted by atomic mass is 32.2. The van der Waals surface area contributed by atoms with Crippen LogP contribution in [-0.4, -0.2) is 68.8 Å². The van der Waals surface area contributed by atoms with Crippen molar-refractivity contribution in [2.75, 3.05) is 49.2 Å². The molecule has 2 saturated heterocycles. The van der Waals surface area contributed by atoms with Gasteiger partial charge in [0.2, 0.25) is 4.34 Å². The maximum absolute atomic E-state index is 13.0. The highest BCUT2D eigenvalue weighted by Gasteiger charge is 2.28. The molecule has 2 fully saturated rings. The Bertz CT molecular complexity index is 1260. The van der Waals surface area contributed by atoms with Gasteiger partial charge < -0.3 is 14.5 Å². The van der Waals surface area contributed by atoms with Crippen LogP contribution in [0.1, 0.15) is 38.3 Å². The van der Waals surface area contributed by atoms with Crippen LogP contribution in [0.5, 0.6) is 0 Å². The second-order valence-electron chi connectivity index (χ2n) is 9.10. The molecule has 1 aromatic carbocycles. The second kappa shape index (κ2) is 9.73. The Morgan fingerprint density at radius 3 is 2.74 bits per heavy atom. The summed E-state index contributed by atoms with van der Waals surface area (Å²) >= 11 is 1.18. The number of rotatable bonds is 6. The molecular formula is C23H30N6O3S2. The zero-order valence-electron chi connectivity index (χ0n) is 19.5. The van der Waals surface area contributed by atoms with Gasteiger partial charge in [0.25, 0.3) is 10.0 Å². The Morgan fingerprint density at radius 1 is 1.15 bits per heavy atom. The number of piperidine rings is 1. The number of morpholine rings is 1. The van der Waals surface area contributed by atoms with E-state index in [2.05, 4.69) is 47.7 Å². The largest absolute Gasteiger partial charge is 0.378 e. The van der Waals surface area contributed by atoms with Crippen molar-refractivity contribution < 1.29 is 13.2 Å². The van der Waals surface area contributed by atoms with E-state index in [0.717, 1.165) is 73.8 Å². The highest BCUT2D eigenvalue weighted by molar-refractivity contribution is 7.91. The molecule has 5 rings (SSSR count). The predicted molar refractivity (Wildman–Crippen MR) is 134 cm³/mol. The lowest BCUT2D eigenvalue weighted by Crippen LogP contribution is -2.48. The first-order valence-electron chi connectivity index (χ1n) is 11.7. The van der Waals surface area contributed by atoms with Gasteiger partial charge in [-0.15, -0.1) is 11.3 Å². The van der Waals surface area contributed by atoms with Gasteiger partial charge >= 0.3 is 0 Å². The maximum Gasteiger partial charge on any atom is 0.268 e. The molecule has 1 N–H and O–H groups in total. The van der Waals surface area contributed by atoms with Crippen molar-refractivity contribution in [2.24, 2.45) is 0 Å². The number of benzene rings is 1. The van der Waals surface area contributed by atoms with Gasteiger partial charge in [0.15, 0.2) is 0 Å². The summed E-state index contributed by atoms with van der Waals surface area (Å²) in [6, 6.07) is 6.08. The number of aromatic nitrogens is 3. The Morgan fingerprint density at radius 2 is 1.97 bits per heavy atom. The number of sulfonamides is 1. The van der Waals surface area contributed by atoms with Crippen LogP contribution >= 0.6 is 11.3 Å². The Kier molecular flexibility index (Phi) is 6.70. The molecule has 1 atom stereocenters. The van der Waals surface area contributed by atoms with E-state index in [1.165, 1.54) is 11.3 Å². The molecule has 0 saturated carbocycles. The molecule has 182 valence electrons. The number of nitrogens with one attached hydrogen (secondary N) is 1. The molecular weight excluding hydrogens is 472 g/mol. The molecule has 1 unspecified atom stereocenters. The summed E-state index contributed by atoms with van der Waals surface area (Å²) in [6.07, 6.45) is 3.25. The smallest absolute Gasteiger partial charge is 0.268 e. The van der Waals surface area contributed by atoms with Crippen molar-refractivity contribution in [1.82, 2.24) is 19.7 Å². The quantitative estimate of drug-likeness (QED) is 0.549. The molecule has 9 nitrogen and oxygen atoms in total. The fourth-order valence-corrected chi connectivity index (χ4v) is 6.95. The first-order chi connectivity index (χ1) is 16.4. The van der Waals surface area contributed by atoms with Crippen LogP contribution in [-0.2, 0) is 14.8 Å². The Balaban J connectivity index is 1.34. The molecule has 0 amide bonds. The fraction of sp³-hybridized carbons (Fsp3) is 0.522. The molecule has 0 radical (unpaired) electrons. The van der Waals surface area contributed by atoms with Gasteiger partial charge in [-0.3, -0.25) is 0 Å². The lowest BCUT2D eigenvalue weighted by Gasteiger charge is -2.34. The van der Waals surface area contributed by atoms with Gasteiger partial charge in [-0.2, -0.15) is 0 Å². The van der Waals surface area contributed by atoms with Crippen molar-refractivity contribution in [3.05, 3.63) is 35.6 Å². The third kappa shape index (κ3) is 4.88. The highest BCUT2D eigenvalue weighted by Crippen LogP contribution is 2.29. The second-order valence-corrected chi connectivity index (χ2v) is 11.8. The minimum atomic E-state index is -3.66. The molecule has 0 aliphatic carbocycles. The van der Waals surface area contributed by atoms with Crippen LogP contribution in [0.25, 0.3) is 10.9 Å². The van der Waals surface area contributed by atoms with Crippen LogP contribution in [0.3, 0.4) is 0 Å². The van der Waals surface area contributed by atoms with Crippen LogP contribution in [0.4, 0.5) is 11.5 Å². The number of hydrogen-bond acceptors (Lipinski definition) is 9. The third-order valence-corrected chi connectivity index (χ3v) is 9.13. The van der Waals surface area contributed by atoms with E-state index < -0.39 is 10.0 Å². The topological polar surface area (TPSA) is 101 Å². The standard InChI is InChI=1S/C23H30N6O3S2/c1-16(2)21-14-33-23(26-21)34(30,31)27-17-4-3-7-29(13-17)22-19-6-5-18(12-20(19)24-15-25-22)28-8-10-32-11-9-28/h5-6,12,14-17,27H,3-4,7-11,13H2,1-2H3. The summed E-state index contributed by atoms with van der Waals surface area (Å²) in [5, 5.41) is 2.80. The molecule has 2 aromatic heterocycles. The molecule has 2 aliphatic heterocycles. The van der Waals surface area contributed by atoms with Gasteiger partial charge in [-0.05, 0) is 37.0 Å². The molecule has 3 aromatic rings. The van der Waals surface area contributed by atoms with Crippen molar-refractivity contribution >= 4 is 43.8 Å². The number of fused-ring (bicyclic) bond motifs is 1. The summed E-state index contributed by atoms with van der Waals surface area (Å²) in [4.78, 5) is 17.9. The molecule has 2 aliphatic rings. The summed E-state index contributed by atoms with van der Waals surface area (Å²) in [5.74, 6) is 1.04.